The van der Waals surface area contributed by atoms with E-state index in [0.29, 0.717) is 23.4 Å². The molecule has 2 heterocycles. The third-order valence-electron chi connectivity index (χ3n) is 3.11. The zero-order chi connectivity index (χ0) is 14.5. The number of fused-ring (bicyclic) bond motifs is 1. The molecule has 0 aliphatic carbocycles. The quantitative estimate of drug-likeness (QED) is 0.824. The van der Waals surface area contributed by atoms with Crippen LogP contribution in [-0.4, -0.2) is 30.7 Å². The molecule has 6 heteroatoms. The number of aliphatic hydroxyl groups is 1. The molecule has 6 nitrogen and oxygen atoms in total. The van der Waals surface area contributed by atoms with Crippen LogP contribution in [0.5, 0.6) is 0 Å². The van der Waals surface area contributed by atoms with E-state index >= 15 is 0 Å². The van der Waals surface area contributed by atoms with E-state index in [0.717, 1.165) is 12.8 Å². The molecule has 0 saturated heterocycles. The minimum Gasteiger partial charge on any atom is -0.391 e. The number of unbranched alkanes of at least 4 members (excludes halogenated alkanes) is 1. The topological polar surface area (TPSA) is 89.8 Å². The molecule has 0 fully saturated rings. The number of aliphatic hydroxyl groups excluding tert-OH is 1. The van der Waals surface area contributed by atoms with Gasteiger partial charge in [-0.2, -0.15) is 0 Å². The molecule has 0 aliphatic rings. The predicted molar refractivity (Wildman–Crippen MR) is 77.8 cm³/mol. The van der Waals surface area contributed by atoms with Gasteiger partial charge in [-0.15, -0.1) is 11.8 Å². The highest BCUT2D eigenvalue weighted by atomic mass is 16.3. The highest BCUT2D eigenvalue weighted by molar-refractivity contribution is 5.81. The van der Waals surface area contributed by atoms with Gasteiger partial charge in [0.1, 0.15) is 11.8 Å². The maximum atomic E-state index is 9.98. The molecule has 0 bridgehead atoms. The van der Waals surface area contributed by atoms with Crippen molar-refractivity contribution in [2.75, 3.05) is 5.73 Å². The Balaban J connectivity index is 2.33. The first-order chi connectivity index (χ1) is 9.65. The number of imidazole rings is 1. The van der Waals surface area contributed by atoms with Gasteiger partial charge in [-0.3, -0.25) is 0 Å². The Morgan fingerprint density at radius 3 is 2.85 bits per heavy atom. The van der Waals surface area contributed by atoms with Crippen LogP contribution in [0.25, 0.3) is 11.2 Å². The molecule has 2 aromatic rings. The second kappa shape index (κ2) is 6.35. The Bertz CT molecular complexity index is 638. The van der Waals surface area contributed by atoms with Crippen LogP contribution in [-0.2, 0) is 0 Å². The summed E-state index contributed by atoms with van der Waals surface area (Å²) in [4.78, 5) is 12.3. The number of anilines is 1. The molecule has 0 aromatic carbocycles. The first kappa shape index (κ1) is 14.3. The number of hydrogen-bond donors (Lipinski definition) is 2. The van der Waals surface area contributed by atoms with E-state index in [1.54, 1.807) is 13.3 Å². The van der Waals surface area contributed by atoms with Crippen molar-refractivity contribution < 1.29 is 5.11 Å². The molecule has 0 radical (unpaired) electrons. The zero-order valence-electron chi connectivity index (χ0n) is 11.7. The lowest BCUT2D eigenvalue weighted by molar-refractivity contribution is 0.134. The molecule has 2 unspecified atom stereocenters. The van der Waals surface area contributed by atoms with E-state index in [4.69, 9.17) is 5.73 Å². The van der Waals surface area contributed by atoms with E-state index in [1.165, 1.54) is 6.33 Å². The van der Waals surface area contributed by atoms with Gasteiger partial charge < -0.3 is 15.4 Å². The molecule has 2 rings (SSSR count). The van der Waals surface area contributed by atoms with E-state index < -0.39 is 6.10 Å². The van der Waals surface area contributed by atoms with Crippen LogP contribution in [0.4, 0.5) is 5.82 Å². The normalized spacial score (nSPS) is 13.8. The van der Waals surface area contributed by atoms with Crippen LogP contribution in [0.2, 0.25) is 0 Å². The number of aromatic nitrogens is 4. The number of nitrogens with two attached hydrogens (primary N) is 1. The van der Waals surface area contributed by atoms with Crippen LogP contribution in [0, 0.1) is 11.8 Å². The van der Waals surface area contributed by atoms with Gasteiger partial charge in [0.2, 0.25) is 0 Å². The van der Waals surface area contributed by atoms with Gasteiger partial charge in [0, 0.05) is 12.8 Å². The monoisotopic (exact) mass is 273 g/mol. The minimum atomic E-state index is -0.556. The number of nitrogens with zero attached hydrogens (tertiary/aromatic N) is 4. The predicted octanol–water partition coefficient (Wildman–Crippen LogP) is 1.52. The highest BCUT2D eigenvalue weighted by Crippen LogP contribution is 2.23. The molecule has 0 spiro atoms. The van der Waals surface area contributed by atoms with E-state index in [1.807, 2.05) is 4.57 Å². The summed E-state index contributed by atoms with van der Waals surface area (Å²) in [6.07, 6.45) is 4.93. The van der Waals surface area contributed by atoms with Crippen molar-refractivity contribution in [3.8, 4) is 11.8 Å². The molecule has 2 aromatic heterocycles. The van der Waals surface area contributed by atoms with Crippen LogP contribution < -0.4 is 5.73 Å². The van der Waals surface area contributed by atoms with Gasteiger partial charge in [-0.25, -0.2) is 15.0 Å². The van der Waals surface area contributed by atoms with E-state index in [9.17, 15) is 5.11 Å². The summed E-state index contributed by atoms with van der Waals surface area (Å²) >= 11 is 0. The molecule has 0 amide bonds. The SMILES string of the molecule is CCCC#CCC(C(C)O)n1cnc2c(N)ncnc21. The summed E-state index contributed by atoms with van der Waals surface area (Å²) in [7, 11) is 0. The Morgan fingerprint density at radius 1 is 1.35 bits per heavy atom. The van der Waals surface area contributed by atoms with Crippen molar-refractivity contribution in [2.45, 2.75) is 45.3 Å². The van der Waals surface area contributed by atoms with Crippen LogP contribution in [0.3, 0.4) is 0 Å². The van der Waals surface area contributed by atoms with Gasteiger partial charge in [0.05, 0.1) is 18.5 Å². The van der Waals surface area contributed by atoms with Crippen LogP contribution >= 0.6 is 0 Å². The van der Waals surface area contributed by atoms with Gasteiger partial charge in [0.25, 0.3) is 0 Å². The standard InChI is InChI=1S/C14H19N5O/c1-3-4-5-6-7-11(10(2)20)19-9-18-12-13(15)16-8-17-14(12)19/h8-11,20H,3-4,7H2,1-2H3,(H2,15,16,17). The molecule has 2 atom stereocenters. The fourth-order valence-corrected chi connectivity index (χ4v) is 2.00. The maximum absolute atomic E-state index is 9.98. The third-order valence-corrected chi connectivity index (χ3v) is 3.11. The lowest BCUT2D eigenvalue weighted by Crippen LogP contribution is -2.20. The average molecular weight is 273 g/mol. The molecular formula is C14H19N5O. The minimum absolute atomic E-state index is 0.196. The molecule has 20 heavy (non-hydrogen) atoms. The first-order valence-electron chi connectivity index (χ1n) is 6.72. The van der Waals surface area contributed by atoms with Crippen molar-refractivity contribution in [3.05, 3.63) is 12.7 Å². The number of hydrogen-bond acceptors (Lipinski definition) is 5. The van der Waals surface area contributed by atoms with Gasteiger partial charge in [0.15, 0.2) is 11.5 Å². The van der Waals surface area contributed by atoms with Crippen molar-refractivity contribution in [1.29, 1.82) is 0 Å². The molecule has 0 aliphatic heterocycles. The molecular weight excluding hydrogens is 254 g/mol. The molecule has 106 valence electrons. The molecule has 3 N–H and O–H groups in total. The number of rotatable bonds is 4. The summed E-state index contributed by atoms with van der Waals surface area (Å²) in [6, 6.07) is -0.196. The maximum Gasteiger partial charge on any atom is 0.165 e. The molecule has 0 saturated carbocycles. The second-order valence-corrected chi connectivity index (χ2v) is 4.70. The van der Waals surface area contributed by atoms with Gasteiger partial charge in [-0.1, -0.05) is 6.92 Å². The first-order valence-corrected chi connectivity index (χ1v) is 6.72. The highest BCUT2D eigenvalue weighted by Gasteiger charge is 2.20. The lowest BCUT2D eigenvalue weighted by Gasteiger charge is -2.19. The van der Waals surface area contributed by atoms with E-state index in [-0.39, 0.29) is 6.04 Å². The smallest absolute Gasteiger partial charge is 0.165 e. The van der Waals surface area contributed by atoms with Crippen molar-refractivity contribution in [3.63, 3.8) is 0 Å². The third kappa shape index (κ3) is 2.89. The van der Waals surface area contributed by atoms with Crippen LogP contribution in [0.15, 0.2) is 12.7 Å². The largest absolute Gasteiger partial charge is 0.391 e. The number of nitrogen functional groups attached to an aromatic ring is 1. The van der Waals surface area contributed by atoms with Crippen molar-refractivity contribution in [1.82, 2.24) is 19.5 Å². The fourth-order valence-electron chi connectivity index (χ4n) is 2.00. The second-order valence-electron chi connectivity index (χ2n) is 4.70. The van der Waals surface area contributed by atoms with Gasteiger partial charge >= 0.3 is 0 Å². The Labute approximate surface area is 118 Å². The summed E-state index contributed by atoms with van der Waals surface area (Å²) in [5.41, 5.74) is 6.95. The summed E-state index contributed by atoms with van der Waals surface area (Å²) in [6.45, 7) is 3.83. The Hall–Kier alpha value is -2.13. The summed E-state index contributed by atoms with van der Waals surface area (Å²) in [5, 5.41) is 9.98. The Morgan fingerprint density at radius 2 is 2.15 bits per heavy atom. The van der Waals surface area contributed by atoms with Crippen LogP contribution in [0.1, 0.15) is 39.2 Å². The van der Waals surface area contributed by atoms with Gasteiger partial charge in [-0.05, 0) is 13.3 Å². The fraction of sp³-hybridized carbons (Fsp3) is 0.500. The summed E-state index contributed by atoms with van der Waals surface area (Å²) < 4.78 is 1.82. The average Bonchev–Trinajstić information content (AvgIpc) is 2.84. The zero-order valence-corrected chi connectivity index (χ0v) is 11.7. The Kier molecular flexibility index (Phi) is 4.53. The van der Waals surface area contributed by atoms with Crippen molar-refractivity contribution in [2.24, 2.45) is 0 Å². The lowest BCUT2D eigenvalue weighted by atomic mass is 10.1. The summed E-state index contributed by atoms with van der Waals surface area (Å²) in [5.74, 6) is 6.53. The van der Waals surface area contributed by atoms with Crippen molar-refractivity contribution >= 4 is 17.0 Å². The van der Waals surface area contributed by atoms with E-state index in [2.05, 4.69) is 33.7 Å².